The SMILES string of the molecule is CCC(C(=O)OC(C)C)S(=O)(=O)Cc1ccc(N)cc1. The number of sulfone groups is 1. The predicted octanol–water partition coefficient (Wildman–Crippen LogP) is 1.91. The van der Waals surface area contributed by atoms with E-state index >= 15 is 0 Å². The summed E-state index contributed by atoms with van der Waals surface area (Å²) >= 11 is 0. The molecular formula is C14H21NO4S. The van der Waals surface area contributed by atoms with Crippen LogP contribution in [0.25, 0.3) is 0 Å². The van der Waals surface area contributed by atoms with Crippen molar-refractivity contribution in [3.05, 3.63) is 29.8 Å². The van der Waals surface area contributed by atoms with Crippen molar-refractivity contribution in [3.8, 4) is 0 Å². The van der Waals surface area contributed by atoms with Gasteiger partial charge in [0.25, 0.3) is 0 Å². The second-order valence-corrected chi connectivity index (χ2v) is 7.11. The molecule has 0 amide bonds. The first-order chi connectivity index (χ1) is 9.26. The van der Waals surface area contributed by atoms with Crippen LogP contribution in [-0.4, -0.2) is 25.7 Å². The molecule has 6 heteroatoms. The number of anilines is 1. The Bertz CT molecular complexity index is 549. The Morgan fingerprint density at radius 1 is 1.25 bits per heavy atom. The van der Waals surface area contributed by atoms with Crippen LogP contribution >= 0.6 is 0 Å². The first-order valence-corrected chi connectivity index (χ1v) is 8.24. The summed E-state index contributed by atoms with van der Waals surface area (Å²) < 4.78 is 29.6. The largest absolute Gasteiger partial charge is 0.462 e. The molecule has 0 radical (unpaired) electrons. The van der Waals surface area contributed by atoms with E-state index in [1.807, 2.05) is 0 Å². The highest BCUT2D eigenvalue weighted by molar-refractivity contribution is 7.92. The van der Waals surface area contributed by atoms with Gasteiger partial charge in [0.2, 0.25) is 0 Å². The Morgan fingerprint density at radius 3 is 2.25 bits per heavy atom. The number of esters is 1. The number of benzene rings is 1. The number of carbonyl (C=O) groups excluding carboxylic acids is 1. The van der Waals surface area contributed by atoms with Gasteiger partial charge in [-0.05, 0) is 38.0 Å². The number of rotatable bonds is 6. The molecule has 0 aliphatic rings. The molecule has 0 heterocycles. The van der Waals surface area contributed by atoms with E-state index in [0.29, 0.717) is 11.3 Å². The van der Waals surface area contributed by atoms with Crippen LogP contribution in [-0.2, 0) is 25.1 Å². The van der Waals surface area contributed by atoms with Crippen molar-refractivity contribution in [1.29, 1.82) is 0 Å². The molecule has 2 N–H and O–H groups in total. The van der Waals surface area contributed by atoms with Crippen molar-refractivity contribution < 1.29 is 17.9 Å². The molecule has 1 atom stereocenters. The zero-order valence-corrected chi connectivity index (χ0v) is 12.8. The molecule has 0 spiro atoms. The fraction of sp³-hybridized carbons (Fsp3) is 0.500. The molecule has 0 saturated carbocycles. The molecule has 1 unspecified atom stereocenters. The summed E-state index contributed by atoms with van der Waals surface area (Å²) in [5.41, 5.74) is 6.73. The maximum atomic E-state index is 12.3. The van der Waals surface area contributed by atoms with Gasteiger partial charge < -0.3 is 10.5 Å². The number of carbonyl (C=O) groups is 1. The van der Waals surface area contributed by atoms with Crippen molar-refractivity contribution in [2.75, 3.05) is 5.73 Å². The minimum absolute atomic E-state index is 0.195. The van der Waals surface area contributed by atoms with Crippen LogP contribution in [0, 0.1) is 0 Å². The summed E-state index contributed by atoms with van der Waals surface area (Å²) in [6, 6.07) is 6.57. The lowest BCUT2D eigenvalue weighted by Crippen LogP contribution is -2.33. The van der Waals surface area contributed by atoms with Crippen molar-refractivity contribution in [1.82, 2.24) is 0 Å². The van der Waals surface area contributed by atoms with Crippen molar-refractivity contribution in [3.63, 3.8) is 0 Å². The highest BCUT2D eigenvalue weighted by Crippen LogP contribution is 2.17. The molecule has 0 fully saturated rings. The van der Waals surface area contributed by atoms with Gasteiger partial charge >= 0.3 is 5.97 Å². The Balaban J connectivity index is 2.89. The molecule has 1 aromatic rings. The van der Waals surface area contributed by atoms with Gasteiger partial charge in [-0.2, -0.15) is 0 Å². The monoisotopic (exact) mass is 299 g/mol. The van der Waals surface area contributed by atoms with Gasteiger partial charge in [0.1, 0.15) is 0 Å². The third kappa shape index (κ3) is 4.52. The van der Waals surface area contributed by atoms with Crippen LogP contribution in [0.1, 0.15) is 32.8 Å². The van der Waals surface area contributed by atoms with Crippen LogP contribution in [0.3, 0.4) is 0 Å². The maximum Gasteiger partial charge on any atom is 0.324 e. The fourth-order valence-corrected chi connectivity index (χ4v) is 3.54. The van der Waals surface area contributed by atoms with E-state index in [0.717, 1.165) is 0 Å². The number of hydrogen-bond acceptors (Lipinski definition) is 5. The first kappa shape index (κ1) is 16.5. The average Bonchev–Trinajstić information content (AvgIpc) is 2.31. The van der Waals surface area contributed by atoms with Crippen LogP contribution < -0.4 is 5.73 Å². The van der Waals surface area contributed by atoms with Crippen molar-refractivity contribution >= 4 is 21.5 Å². The Hall–Kier alpha value is -1.56. The fourth-order valence-electron chi connectivity index (χ4n) is 1.82. The molecule has 0 aliphatic carbocycles. The molecule has 112 valence electrons. The van der Waals surface area contributed by atoms with Crippen molar-refractivity contribution in [2.45, 2.75) is 44.3 Å². The quantitative estimate of drug-likeness (QED) is 0.640. The van der Waals surface area contributed by atoms with Crippen molar-refractivity contribution in [2.24, 2.45) is 0 Å². The molecule has 20 heavy (non-hydrogen) atoms. The van der Waals surface area contributed by atoms with E-state index in [2.05, 4.69) is 0 Å². The minimum atomic E-state index is -3.60. The second-order valence-electron chi connectivity index (χ2n) is 4.93. The summed E-state index contributed by atoms with van der Waals surface area (Å²) in [7, 11) is -3.60. The zero-order chi connectivity index (χ0) is 15.3. The average molecular weight is 299 g/mol. The highest BCUT2D eigenvalue weighted by Gasteiger charge is 2.32. The van der Waals surface area contributed by atoms with Gasteiger partial charge in [-0.15, -0.1) is 0 Å². The lowest BCUT2D eigenvalue weighted by Gasteiger charge is -2.17. The Kier molecular flexibility index (Phi) is 5.56. The molecule has 1 rings (SSSR count). The third-order valence-corrected chi connectivity index (χ3v) is 4.90. The summed E-state index contributed by atoms with van der Waals surface area (Å²) in [6.07, 6.45) is -0.133. The second kappa shape index (κ2) is 6.74. The molecule has 0 aliphatic heterocycles. The summed E-state index contributed by atoms with van der Waals surface area (Å²) in [4.78, 5) is 11.9. The molecule has 0 bridgehead atoms. The molecule has 0 aromatic heterocycles. The molecule has 5 nitrogen and oxygen atoms in total. The van der Waals surface area contributed by atoms with E-state index in [1.54, 1.807) is 45.0 Å². The van der Waals surface area contributed by atoms with Gasteiger partial charge in [0.05, 0.1) is 11.9 Å². The number of nitrogens with two attached hydrogens (primary N) is 1. The maximum absolute atomic E-state index is 12.3. The predicted molar refractivity (Wildman–Crippen MR) is 78.8 cm³/mol. The lowest BCUT2D eigenvalue weighted by atomic mass is 10.2. The van der Waals surface area contributed by atoms with E-state index < -0.39 is 21.1 Å². The normalized spacial score (nSPS) is 13.2. The standard InChI is InChI=1S/C14H21NO4S/c1-4-13(14(16)19-10(2)3)20(17,18)9-11-5-7-12(15)8-6-11/h5-8,10,13H,4,9,15H2,1-3H3. The molecule has 1 aromatic carbocycles. The lowest BCUT2D eigenvalue weighted by molar-refractivity contribution is -0.146. The van der Waals surface area contributed by atoms with Gasteiger partial charge in [-0.1, -0.05) is 19.1 Å². The Labute approximate surface area is 120 Å². The van der Waals surface area contributed by atoms with E-state index in [1.165, 1.54) is 0 Å². The molecule has 0 saturated heterocycles. The highest BCUT2D eigenvalue weighted by atomic mass is 32.2. The zero-order valence-electron chi connectivity index (χ0n) is 12.0. The van der Waals surface area contributed by atoms with E-state index in [4.69, 9.17) is 10.5 Å². The minimum Gasteiger partial charge on any atom is -0.462 e. The van der Waals surface area contributed by atoms with E-state index in [9.17, 15) is 13.2 Å². The van der Waals surface area contributed by atoms with Gasteiger partial charge in [-0.3, -0.25) is 4.79 Å². The van der Waals surface area contributed by atoms with Crippen LogP contribution in [0.5, 0.6) is 0 Å². The first-order valence-electron chi connectivity index (χ1n) is 6.52. The third-order valence-electron chi connectivity index (χ3n) is 2.77. The number of ether oxygens (including phenoxy) is 1. The topological polar surface area (TPSA) is 86.5 Å². The van der Waals surface area contributed by atoms with Crippen LogP contribution in [0.15, 0.2) is 24.3 Å². The number of hydrogen-bond donors (Lipinski definition) is 1. The summed E-state index contributed by atoms with van der Waals surface area (Å²) in [5, 5.41) is -1.12. The smallest absolute Gasteiger partial charge is 0.324 e. The number of nitrogen functional groups attached to an aromatic ring is 1. The van der Waals surface area contributed by atoms with Gasteiger partial charge in [0, 0.05) is 5.69 Å². The van der Waals surface area contributed by atoms with Gasteiger partial charge in [0.15, 0.2) is 15.1 Å². The van der Waals surface area contributed by atoms with Crippen LogP contribution in [0.2, 0.25) is 0 Å². The molecular weight excluding hydrogens is 278 g/mol. The van der Waals surface area contributed by atoms with Crippen LogP contribution in [0.4, 0.5) is 5.69 Å². The Morgan fingerprint density at radius 2 is 1.80 bits per heavy atom. The summed E-state index contributed by atoms with van der Waals surface area (Å²) in [6.45, 7) is 5.04. The summed E-state index contributed by atoms with van der Waals surface area (Å²) in [5.74, 6) is -0.878. The van der Waals surface area contributed by atoms with E-state index in [-0.39, 0.29) is 18.3 Å². The van der Waals surface area contributed by atoms with Gasteiger partial charge in [-0.25, -0.2) is 8.42 Å².